The molecule has 0 spiro atoms. The van der Waals surface area contributed by atoms with E-state index in [-0.39, 0.29) is 18.0 Å². The molecule has 2 saturated heterocycles. The lowest BCUT2D eigenvalue weighted by molar-refractivity contribution is -0.0816. The number of morpholine rings is 1. The van der Waals surface area contributed by atoms with Gasteiger partial charge in [0.1, 0.15) is 11.9 Å². The lowest BCUT2D eigenvalue weighted by Gasteiger charge is -2.37. The highest BCUT2D eigenvalue weighted by Gasteiger charge is 2.32. The number of benzene rings is 1. The van der Waals surface area contributed by atoms with Gasteiger partial charge in [0.05, 0.1) is 12.7 Å². The fourth-order valence-corrected chi connectivity index (χ4v) is 3.77. The second-order valence-electron chi connectivity index (χ2n) is 6.37. The van der Waals surface area contributed by atoms with Crippen LogP contribution < -0.4 is 5.32 Å². The molecule has 138 valence electrons. The quantitative estimate of drug-likeness (QED) is 0.608. The van der Waals surface area contributed by atoms with Gasteiger partial charge in [-0.3, -0.25) is 4.99 Å². The molecule has 1 aromatic rings. The minimum Gasteiger partial charge on any atom is -0.375 e. The summed E-state index contributed by atoms with van der Waals surface area (Å²) in [6.45, 7) is 3.70. The number of halogens is 2. The zero-order chi connectivity index (χ0) is 17.6. The first kappa shape index (κ1) is 18.6. The summed E-state index contributed by atoms with van der Waals surface area (Å²) in [7, 11) is 1.78. The van der Waals surface area contributed by atoms with Crippen LogP contribution in [0.1, 0.15) is 18.4 Å². The van der Waals surface area contributed by atoms with E-state index < -0.39 is 0 Å². The molecule has 2 unspecified atom stereocenters. The molecular weight excluding hydrogens is 389 g/mol. The Morgan fingerprint density at radius 1 is 1.36 bits per heavy atom. The van der Waals surface area contributed by atoms with Crippen LogP contribution in [0.4, 0.5) is 4.39 Å². The number of guanidine groups is 1. The van der Waals surface area contributed by atoms with Gasteiger partial charge < -0.3 is 19.7 Å². The van der Waals surface area contributed by atoms with Gasteiger partial charge in [0, 0.05) is 37.8 Å². The first-order valence-corrected chi connectivity index (χ1v) is 9.59. The summed E-state index contributed by atoms with van der Waals surface area (Å²) >= 11 is 3.39. The number of ether oxygens (including phenoxy) is 2. The highest BCUT2D eigenvalue weighted by Crippen LogP contribution is 2.21. The lowest BCUT2D eigenvalue weighted by Crippen LogP contribution is -2.53. The normalized spacial score (nSPS) is 24.6. The smallest absolute Gasteiger partial charge is 0.193 e. The second-order valence-corrected chi connectivity index (χ2v) is 7.28. The van der Waals surface area contributed by atoms with Gasteiger partial charge in [0.25, 0.3) is 0 Å². The number of hydrogen-bond acceptors (Lipinski definition) is 3. The first-order chi connectivity index (χ1) is 12.2. The molecule has 0 aliphatic carbocycles. The third-order valence-corrected chi connectivity index (χ3v) is 5.16. The molecule has 1 aromatic carbocycles. The van der Waals surface area contributed by atoms with Gasteiger partial charge in [0.2, 0.25) is 0 Å². The molecular formula is C18H25BrFN3O2. The van der Waals surface area contributed by atoms with E-state index in [9.17, 15) is 4.39 Å². The van der Waals surface area contributed by atoms with Crippen molar-refractivity contribution in [2.45, 2.75) is 31.5 Å². The molecule has 2 aliphatic heterocycles. The van der Waals surface area contributed by atoms with Crippen LogP contribution in [0.15, 0.2) is 27.7 Å². The van der Waals surface area contributed by atoms with Crippen molar-refractivity contribution in [2.24, 2.45) is 4.99 Å². The molecule has 0 amide bonds. The van der Waals surface area contributed by atoms with Crippen LogP contribution in [0.25, 0.3) is 0 Å². The molecule has 7 heteroatoms. The molecule has 1 N–H and O–H groups in total. The Kier molecular flexibility index (Phi) is 6.67. The maximum absolute atomic E-state index is 13.8. The number of nitrogens with one attached hydrogen (secondary N) is 1. The summed E-state index contributed by atoms with van der Waals surface area (Å²) in [6.07, 6.45) is 3.06. The van der Waals surface area contributed by atoms with Gasteiger partial charge in [-0.1, -0.05) is 15.9 Å². The Morgan fingerprint density at radius 3 is 2.96 bits per heavy atom. The molecule has 0 bridgehead atoms. The van der Waals surface area contributed by atoms with Crippen LogP contribution in [-0.4, -0.2) is 63.0 Å². The summed E-state index contributed by atoms with van der Waals surface area (Å²) in [4.78, 5) is 6.58. The fraction of sp³-hybridized carbons (Fsp3) is 0.611. The number of rotatable bonds is 4. The highest BCUT2D eigenvalue weighted by atomic mass is 79.9. The van der Waals surface area contributed by atoms with Crippen LogP contribution in [0, 0.1) is 5.82 Å². The molecule has 0 aromatic heterocycles. The Morgan fingerprint density at radius 2 is 2.20 bits per heavy atom. The minimum absolute atomic E-state index is 0.0947. The molecule has 2 atom stereocenters. The molecule has 5 nitrogen and oxygen atoms in total. The van der Waals surface area contributed by atoms with E-state index in [2.05, 4.69) is 31.1 Å². The van der Waals surface area contributed by atoms with E-state index in [4.69, 9.17) is 9.47 Å². The Hall–Kier alpha value is -1.18. The van der Waals surface area contributed by atoms with E-state index in [1.54, 1.807) is 13.1 Å². The van der Waals surface area contributed by atoms with Crippen LogP contribution in [0.5, 0.6) is 0 Å². The minimum atomic E-state index is -0.176. The third kappa shape index (κ3) is 4.92. The Labute approximate surface area is 156 Å². The van der Waals surface area contributed by atoms with Crippen molar-refractivity contribution >= 4 is 21.9 Å². The Balaban J connectivity index is 1.52. The van der Waals surface area contributed by atoms with Crippen molar-refractivity contribution in [3.63, 3.8) is 0 Å². The van der Waals surface area contributed by atoms with Crippen molar-refractivity contribution in [1.82, 2.24) is 10.2 Å². The van der Waals surface area contributed by atoms with Crippen molar-refractivity contribution < 1.29 is 13.9 Å². The highest BCUT2D eigenvalue weighted by molar-refractivity contribution is 9.10. The third-order valence-electron chi connectivity index (χ3n) is 4.67. The molecule has 25 heavy (non-hydrogen) atoms. The summed E-state index contributed by atoms with van der Waals surface area (Å²) in [6, 6.07) is 5.02. The van der Waals surface area contributed by atoms with Gasteiger partial charge in [-0.05, 0) is 43.0 Å². The average Bonchev–Trinajstić information content (AvgIpc) is 3.16. The maximum Gasteiger partial charge on any atom is 0.193 e. The SMILES string of the molecule is CN=C(NCCc1cc(Br)ccc1F)N1CCOC(C2CCCO2)C1. The molecule has 2 aliphatic rings. The van der Waals surface area contributed by atoms with E-state index in [1.807, 2.05) is 6.07 Å². The van der Waals surface area contributed by atoms with Crippen molar-refractivity contribution in [2.75, 3.05) is 39.9 Å². The van der Waals surface area contributed by atoms with Crippen LogP contribution in [0.2, 0.25) is 0 Å². The average molecular weight is 414 g/mol. The zero-order valence-corrected chi connectivity index (χ0v) is 16.1. The largest absolute Gasteiger partial charge is 0.375 e. The van der Waals surface area contributed by atoms with Gasteiger partial charge in [-0.25, -0.2) is 4.39 Å². The fourth-order valence-electron chi connectivity index (χ4n) is 3.36. The van der Waals surface area contributed by atoms with E-state index >= 15 is 0 Å². The molecule has 3 rings (SSSR count). The summed E-state index contributed by atoms with van der Waals surface area (Å²) in [5.74, 6) is 0.659. The van der Waals surface area contributed by atoms with Crippen molar-refractivity contribution in [3.8, 4) is 0 Å². The van der Waals surface area contributed by atoms with E-state index in [0.717, 1.165) is 43.0 Å². The summed E-state index contributed by atoms with van der Waals surface area (Å²) in [5.41, 5.74) is 0.691. The first-order valence-electron chi connectivity index (χ1n) is 8.80. The van der Waals surface area contributed by atoms with E-state index in [0.29, 0.717) is 25.1 Å². The zero-order valence-electron chi connectivity index (χ0n) is 14.5. The van der Waals surface area contributed by atoms with Gasteiger partial charge >= 0.3 is 0 Å². The second kappa shape index (κ2) is 8.96. The van der Waals surface area contributed by atoms with Gasteiger partial charge in [-0.15, -0.1) is 0 Å². The van der Waals surface area contributed by atoms with Gasteiger partial charge in [-0.2, -0.15) is 0 Å². The standard InChI is InChI=1S/C18H25BrFN3O2/c1-21-18(22-7-6-13-11-14(19)4-5-15(13)20)23-8-10-25-17(12-23)16-3-2-9-24-16/h4-5,11,16-17H,2-3,6-10,12H2,1H3,(H,21,22). The number of hydrogen-bond donors (Lipinski definition) is 1. The maximum atomic E-state index is 13.8. The summed E-state index contributed by atoms with van der Waals surface area (Å²) in [5, 5.41) is 3.34. The predicted octanol–water partition coefficient (Wildman–Crippen LogP) is 2.59. The van der Waals surface area contributed by atoms with Crippen molar-refractivity contribution in [1.29, 1.82) is 0 Å². The predicted molar refractivity (Wildman–Crippen MR) is 99.5 cm³/mol. The van der Waals surface area contributed by atoms with Crippen molar-refractivity contribution in [3.05, 3.63) is 34.1 Å². The molecule has 2 fully saturated rings. The molecule has 2 heterocycles. The van der Waals surface area contributed by atoms with E-state index in [1.165, 1.54) is 6.07 Å². The molecule has 0 saturated carbocycles. The Bertz CT molecular complexity index is 608. The monoisotopic (exact) mass is 413 g/mol. The lowest BCUT2D eigenvalue weighted by atomic mass is 10.1. The summed E-state index contributed by atoms with van der Waals surface area (Å²) < 4.78 is 26.4. The van der Waals surface area contributed by atoms with Crippen LogP contribution in [-0.2, 0) is 15.9 Å². The van der Waals surface area contributed by atoms with Crippen LogP contribution in [0.3, 0.4) is 0 Å². The van der Waals surface area contributed by atoms with Crippen LogP contribution >= 0.6 is 15.9 Å². The number of nitrogens with zero attached hydrogens (tertiary/aromatic N) is 2. The topological polar surface area (TPSA) is 46.1 Å². The van der Waals surface area contributed by atoms with Gasteiger partial charge in [0.15, 0.2) is 5.96 Å². The number of aliphatic imine (C=N–C) groups is 1. The molecule has 0 radical (unpaired) electrons.